The van der Waals surface area contributed by atoms with Gasteiger partial charge in [0.1, 0.15) is 11.6 Å². The van der Waals surface area contributed by atoms with Gasteiger partial charge < -0.3 is 10.1 Å². The van der Waals surface area contributed by atoms with E-state index in [1.165, 1.54) is 31.4 Å². The van der Waals surface area contributed by atoms with Crippen LogP contribution in [0.15, 0.2) is 47.4 Å². The molecule has 0 aliphatic carbocycles. The Morgan fingerprint density at radius 2 is 1.76 bits per heavy atom. The van der Waals surface area contributed by atoms with Gasteiger partial charge in [0.2, 0.25) is 0 Å². The van der Waals surface area contributed by atoms with Crippen molar-refractivity contribution in [2.45, 2.75) is 4.90 Å². The third-order valence-corrected chi connectivity index (χ3v) is 4.25. The second-order valence-corrected chi connectivity index (χ2v) is 5.91. The molecule has 2 rings (SSSR count). The number of anilines is 2. The van der Waals surface area contributed by atoms with Crippen LogP contribution >= 0.6 is 0 Å². The fraction of sp³-hybridized carbons (Fsp3) is 0.143. The van der Waals surface area contributed by atoms with E-state index in [1.807, 2.05) is 0 Å². The highest BCUT2D eigenvalue weighted by molar-refractivity contribution is 7.92. The Morgan fingerprint density at radius 3 is 2.33 bits per heavy atom. The van der Waals surface area contributed by atoms with Gasteiger partial charge in [0.05, 0.1) is 17.7 Å². The van der Waals surface area contributed by atoms with Gasteiger partial charge >= 0.3 is 0 Å². The number of sulfonamides is 1. The summed E-state index contributed by atoms with van der Waals surface area (Å²) < 4.78 is 45.3. The normalized spacial score (nSPS) is 11.0. The van der Waals surface area contributed by atoms with Crippen LogP contribution in [-0.2, 0) is 10.0 Å². The number of hydrogen-bond acceptors (Lipinski definition) is 4. The topological polar surface area (TPSA) is 67.4 Å². The third-order valence-electron chi connectivity index (χ3n) is 2.87. The van der Waals surface area contributed by atoms with Gasteiger partial charge in [-0.25, -0.2) is 12.8 Å². The molecule has 0 fully saturated rings. The maximum atomic E-state index is 13.7. The number of rotatable bonds is 5. The van der Waals surface area contributed by atoms with E-state index < -0.39 is 15.8 Å². The van der Waals surface area contributed by atoms with Crippen LogP contribution in [0.1, 0.15) is 0 Å². The summed E-state index contributed by atoms with van der Waals surface area (Å²) in [5.41, 5.74) is 0.619. The molecule has 0 atom stereocenters. The third kappa shape index (κ3) is 3.43. The van der Waals surface area contributed by atoms with Crippen LogP contribution in [-0.4, -0.2) is 22.6 Å². The molecule has 0 heterocycles. The quantitative estimate of drug-likeness (QED) is 0.891. The Morgan fingerprint density at radius 1 is 1.10 bits per heavy atom. The molecule has 5 nitrogen and oxygen atoms in total. The first-order valence-corrected chi connectivity index (χ1v) is 7.59. The maximum Gasteiger partial charge on any atom is 0.261 e. The van der Waals surface area contributed by atoms with Crippen molar-refractivity contribution in [3.63, 3.8) is 0 Å². The lowest BCUT2D eigenvalue weighted by Crippen LogP contribution is -2.14. The minimum atomic E-state index is -3.86. The summed E-state index contributed by atoms with van der Waals surface area (Å²) in [5.74, 6) is -0.314. The number of nitrogens with one attached hydrogen (secondary N) is 2. The lowest BCUT2D eigenvalue weighted by molar-refractivity contribution is 0.414. The number of methoxy groups -OCH3 is 1. The molecular formula is C14H15FN2O3S. The molecule has 2 aromatic rings. The summed E-state index contributed by atoms with van der Waals surface area (Å²) >= 11 is 0. The van der Waals surface area contributed by atoms with Crippen molar-refractivity contribution in [3.05, 3.63) is 48.3 Å². The summed E-state index contributed by atoms with van der Waals surface area (Å²) in [4.78, 5) is 0.0451. The second kappa shape index (κ2) is 6.01. The van der Waals surface area contributed by atoms with Crippen molar-refractivity contribution >= 4 is 21.4 Å². The van der Waals surface area contributed by atoms with E-state index in [2.05, 4.69) is 10.0 Å². The van der Waals surface area contributed by atoms with E-state index in [9.17, 15) is 12.8 Å². The predicted octanol–water partition coefficient (Wildman–Crippen LogP) is 2.68. The molecule has 0 saturated heterocycles. The second-order valence-electron chi connectivity index (χ2n) is 4.23. The number of hydrogen-bond donors (Lipinski definition) is 2. The lowest BCUT2D eigenvalue weighted by atomic mass is 10.3. The van der Waals surface area contributed by atoms with Crippen LogP contribution in [0.5, 0.6) is 5.75 Å². The Hall–Kier alpha value is -2.28. The Kier molecular flexibility index (Phi) is 4.32. The van der Waals surface area contributed by atoms with E-state index in [0.29, 0.717) is 5.75 Å². The van der Waals surface area contributed by atoms with Crippen LogP contribution in [0, 0.1) is 5.82 Å². The summed E-state index contributed by atoms with van der Waals surface area (Å²) in [5, 5.41) is 2.89. The van der Waals surface area contributed by atoms with Crippen molar-refractivity contribution in [1.82, 2.24) is 0 Å². The minimum Gasteiger partial charge on any atom is -0.497 e. The zero-order valence-electron chi connectivity index (χ0n) is 11.6. The van der Waals surface area contributed by atoms with Gasteiger partial charge in [0.25, 0.3) is 10.0 Å². The summed E-state index contributed by atoms with van der Waals surface area (Å²) in [6.45, 7) is 0. The smallest absolute Gasteiger partial charge is 0.261 e. The first kappa shape index (κ1) is 15.1. The lowest BCUT2D eigenvalue weighted by Gasteiger charge is -2.10. The monoisotopic (exact) mass is 310 g/mol. The molecular weight excluding hydrogens is 295 g/mol. The summed E-state index contributed by atoms with van der Waals surface area (Å²) in [6, 6.07) is 9.95. The van der Waals surface area contributed by atoms with E-state index in [-0.39, 0.29) is 10.6 Å². The molecule has 0 aromatic heterocycles. The molecule has 0 aliphatic heterocycles. The molecule has 0 bridgehead atoms. The average molecular weight is 310 g/mol. The van der Waals surface area contributed by atoms with E-state index in [4.69, 9.17) is 4.74 Å². The summed E-state index contributed by atoms with van der Waals surface area (Å²) in [6.07, 6.45) is 0. The highest BCUT2D eigenvalue weighted by Crippen LogP contribution is 2.24. The SMILES string of the molecule is CNc1ccc(S(=O)(=O)Nc2cc(OC)ccc2F)cc1. The number of ether oxygens (including phenoxy) is 1. The van der Waals surface area contributed by atoms with E-state index in [1.54, 1.807) is 19.2 Å². The molecule has 0 radical (unpaired) electrons. The molecule has 0 aliphatic rings. The number of halogens is 1. The van der Waals surface area contributed by atoms with E-state index in [0.717, 1.165) is 11.8 Å². The first-order chi connectivity index (χ1) is 9.96. The Bertz CT molecular complexity index is 730. The Labute approximate surface area is 122 Å². The first-order valence-electron chi connectivity index (χ1n) is 6.10. The van der Waals surface area contributed by atoms with Crippen LogP contribution in [0.4, 0.5) is 15.8 Å². The Balaban J connectivity index is 2.32. The van der Waals surface area contributed by atoms with Crippen molar-refractivity contribution in [2.24, 2.45) is 0 Å². The van der Waals surface area contributed by atoms with Crippen LogP contribution in [0.25, 0.3) is 0 Å². The van der Waals surface area contributed by atoms with Gasteiger partial charge in [-0.1, -0.05) is 0 Å². The van der Waals surface area contributed by atoms with Crippen LogP contribution in [0.2, 0.25) is 0 Å². The van der Waals surface area contributed by atoms with E-state index >= 15 is 0 Å². The highest BCUT2D eigenvalue weighted by atomic mass is 32.2. The standard InChI is InChI=1S/C14H15FN2O3S/c1-16-10-3-6-12(7-4-10)21(18,19)17-14-9-11(20-2)5-8-13(14)15/h3-9,16-17H,1-2H3. The van der Waals surface area contributed by atoms with Gasteiger partial charge in [0.15, 0.2) is 0 Å². The van der Waals surface area contributed by atoms with Gasteiger partial charge in [-0.15, -0.1) is 0 Å². The van der Waals surface area contributed by atoms with Gasteiger partial charge in [-0.3, -0.25) is 4.72 Å². The van der Waals surface area contributed by atoms with Crippen molar-refractivity contribution in [1.29, 1.82) is 0 Å². The zero-order valence-corrected chi connectivity index (χ0v) is 12.4. The zero-order chi connectivity index (χ0) is 15.5. The molecule has 0 unspecified atom stereocenters. The molecule has 0 saturated carbocycles. The van der Waals surface area contributed by atoms with Crippen molar-refractivity contribution in [3.8, 4) is 5.75 Å². The van der Waals surface area contributed by atoms with Crippen molar-refractivity contribution < 1.29 is 17.5 Å². The van der Waals surface area contributed by atoms with Crippen LogP contribution < -0.4 is 14.8 Å². The largest absolute Gasteiger partial charge is 0.497 e. The maximum absolute atomic E-state index is 13.7. The molecule has 2 N–H and O–H groups in total. The fourth-order valence-electron chi connectivity index (χ4n) is 1.71. The van der Waals surface area contributed by atoms with Crippen LogP contribution in [0.3, 0.4) is 0 Å². The predicted molar refractivity (Wildman–Crippen MR) is 79.7 cm³/mol. The fourth-order valence-corrected chi connectivity index (χ4v) is 2.77. The minimum absolute atomic E-state index is 0.0451. The average Bonchev–Trinajstić information content (AvgIpc) is 2.49. The highest BCUT2D eigenvalue weighted by Gasteiger charge is 2.16. The molecule has 112 valence electrons. The van der Waals surface area contributed by atoms with Crippen molar-refractivity contribution in [2.75, 3.05) is 24.2 Å². The molecule has 0 spiro atoms. The van der Waals surface area contributed by atoms with Gasteiger partial charge in [0, 0.05) is 18.8 Å². The van der Waals surface area contributed by atoms with Gasteiger partial charge in [-0.05, 0) is 36.4 Å². The van der Waals surface area contributed by atoms with Gasteiger partial charge in [-0.2, -0.15) is 0 Å². The molecule has 2 aromatic carbocycles. The molecule has 7 heteroatoms. The summed E-state index contributed by atoms with van der Waals surface area (Å²) in [7, 11) is -0.711. The molecule has 0 amide bonds. The molecule has 21 heavy (non-hydrogen) atoms. The number of benzene rings is 2.